The van der Waals surface area contributed by atoms with Gasteiger partial charge in [0.05, 0.1) is 19.1 Å². The number of nitrogens with zero attached hydrogens (tertiary/aromatic N) is 1. The van der Waals surface area contributed by atoms with Crippen LogP contribution in [0.1, 0.15) is 34.5 Å². The minimum atomic E-state index is -0.407. The van der Waals surface area contributed by atoms with E-state index >= 15 is 0 Å². The van der Waals surface area contributed by atoms with Gasteiger partial charge in [0.25, 0.3) is 5.91 Å². The monoisotopic (exact) mass is 405 g/mol. The first-order chi connectivity index (χ1) is 12.8. The Morgan fingerprint density at radius 2 is 1.89 bits per heavy atom. The van der Waals surface area contributed by atoms with Crippen molar-refractivity contribution in [3.63, 3.8) is 0 Å². The Bertz CT molecular complexity index is 884. The molecule has 1 saturated heterocycles. The fraction of sp³-hybridized carbons (Fsp3) is 0.211. The third-order valence-electron chi connectivity index (χ3n) is 4.27. The molecule has 3 rings (SSSR count). The van der Waals surface area contributed by atoms with E-state index in [-0.39, 0.29) is 30.9 Å². The first-order valence-corrected chi connectivity index (χ1v) is 9.03. The van der Waals surface area contributed by atoms with Crippen molar-refractivity contribution in [3.05, 3.63) is 69.2 Å². The fourth-order valence-corrected chi connectivity index (χ4v) is 3.34. The Labute approximate surface area is 166 Å². The van der Waals surface area contributed by atoms with Crippen LogP contribution in [0.2, 0.25) is 10.0 Å². The van der Waals surface area contributed by atoms with Crippen molar-refractivity contribution in [1.82, 2.24) is 15.5 Å². The van der Waals surface area contributed by atoms with Gasteiger partial charge in [-0.1, -0.05) is 41.4 Å². The van der Waals surface area contributed by atoms with Gasteiger partial charge in [0.15, 0.2) is 0 Å². The average Bonchev–Trinajstić information content (AvgIpc) is 2.94. The summed E-state index contributed by atoms with van der Waals surface area (Å²) in [5.41, 5.74) is 1.99. The van der Waals surface area contributed by atoms with Gasteiger partial charge in [0.2, 0.25) is 5.91 Å². The molecule has 4 amide bonds. The van der Waals surface area contributed by atoms with E-state index in [1.165, 1.54) is 0 Å². The lowest BCUT2D eigenvalue weighted by molar-refractivity contribution is -0.125. The Kier molecular flexibility index (Phi) is 5.68. The number of amides is 4. The van der Waals surface area contributed by atoms with Gasteiger partial charge in [-0.05, 0) is 42.3 Å². The highest BCUT2D eigenvalue weighted by Gasteiger charge is 2.28. The zero-order valence-corrected chi connectivity index (χ0v) is 16.0. The lowest BCUT2D eigenvalue weighted by atomic mass is 10.1. The number of halogens is 2. The maximum absolute atomic E-state index is 12.5. The first kappa shape index (κ1) is 19.2. The zero-order valence-electron chi connectivity index (χ0n) is 14.5. The van der Waals surface area contributed by atoms with Crippen LogP contribution in [0.25, 0.3) is 0 Å². The second-order valence-electron chi connectivity index (χ2n) is 6.20. The van der Waals surface area contributed by atoms with Crippen molar-refractivity contribution in [3.8, 4) is 0 Å². The lowest BCUT2D eigenvalue weighted by Gasteiger charge is -2.16. The molecule has 1 aliphatic heterocycles. The number of nitrogens with one attached hydrogen (secondary N) is 2. The summed E-state index contributed by atoms with van der Waals surface area (Å²) in [7, 11) is 0. The van der Waals surface area contributed by atoms with E-state index in [1.807, 2.05) is 6.92 Å². The predicted octanol–water partition coefficient (Wildman–Crippen LogP) is 3.54. The Morgan fingerprint density at radius 1 is 1.19 bits per heavy atom. The molecular weight excluding hydrogens is 389 g/mol. The number of carbonyl (C=O) groups excluding carboxylic acids is 3. The maximum Gasteiger partial charge on any atom is 0.324 e. The van der Waals surface area contributed by atoms with Crippen LogP contribution < -0.4 is 10.6 Å². The fourth-order valence-electron chi connectivity index (χ4n) is 2.77. The highest BCUT2D eigenvalue weighted by Crippen LogP contribution is 2.26. The van der Waals surface area contributed by atoms with E-state index < -0.39 is 6.03 Å². The average molecular weight is 406 g/mol. The SMILES string of the molecule is C[C@H](NC(=O)c1ccc(CN2C(=O)CNC2=O)cc1)c1ccc(Cl)cc1Cl. The van der Waals surface area contributed by atoms with Crippen LogP contribution in [0, 0.1) is 0 Å². The summed E-state index contributed by atoms with van der Waals surface area (Å²) in [6.45, 7) is 2.02. The smallest absolute Gasteiger partial charge is 0.324 e. The topological polar surface area (TPSA) is 78.5 Å². The largest absolute Gasteiger partial charge is 0.345 e. The zero-order chi connectivity index (χ0) is 19.6. The second-order valence-corrected chi connectivity index (χ2v) is 7.04. The van der Waals surface area contributed by atoms with Crippen LogP contribution >= 0.6 is 23.2 Å². The van der Waals surface area contributed by atoms with Crippen molar-refractivity contribution in [2.75, 3.05) is 6.54 Å². The summed E-state index contributed by atoms with van der Waals surface area (Å²) in [6.07, 6.45) is 0. The van der Waals surface area contributed by atoms with Crippen molar-refractivity contribution in [2.24, 2.45) is 0 Å². The van der Waals surface area contributed by atoms with Crippen molar-refractivity contribution in [1.29, 1.82) is 0 Å². The molecule has 2 aromatic rings. The van der Waals surface area contributed by atoms with E-state index in [4.69, 9.17) is 23.2 Å². The summed E-state index contributed by atoms with van der Waals surface area (Å²) in [4.78, 5) is 36.8. The van der Waals surface area contributed by atoms with Gasteiger partial charge in [-0.15, -0.1) is 0 Å². The van der Waals surface area contributed by atoms with Crippen molar-refractivity contribution < 1.29 is 14.4 Å². The van der Waals surface area contributed by atoms with Crippen molar-refractivity contribution >= 4 is 41.0 Å². The Morgan fingerprint density at radius 3 is 2.48 bits per heavy atom. The highest BCUT2D eigenvalue weighted by atomic mass is 35.5. The molecule has 0 unspecified atom stereocenters. The van der Waals surface area contributed by atoms with Crippen LogP contribution in [0.3, 0.4) is 0 Å². The molecule has 1 atom stereocenters. The van der Waals surface area contributed by atoms with Gasteiger partial charge >= 0.3 is 6.03 Å². The van der Waals surface area contributed by atoms with E-state index in [2.05, 4.69) is 10.6 Å². The third-order valence-corrected chi connectivity index (χ3v) is 4.83. The number of rotatable bonds is 5. The Balaban J connectivity index is 1.65. The number of carbonyl (C=O) groups is 3. The molecule has 2 N–H and O–H groups in total. The molecule has 2 aromatic carbocycles. The molecular formula is C19H17Cl2N3O3. The number of hydrogen-bond donors (Lipinski definition) is 2. The molecule has 0 saturated carbocycles. The van der Waals surface area contributed by atoms with E-state index in [0.717, 1.165) is 16.0 Å². The summed E-state index contributed by atoms with van der Waals surface area (Å²) in [5, 5.41) is 6.37. The molecule has 140 valence electrons. The minimum absolute atomic E-state index is 0.0183. The van der Waals surface area contributed by atoms with Gasteiger partial charge in [-0.2, -0.15) is 0 Å². The summed E-state index contributed by atoms with van der Waals surface area (Å²) in [6, 6.07) is 11.2. The van der Waals surface area contributed by atoms with E-state index in [9.17, 15) is 14.4 Å². The maximum atomic E-state index is 12.5. The lowest BCUT2D eigenvalue weighted by Crippen LogP contribution is -2.30. The number of hydrogen-bond acceptors (Lipinski definition) is 3. The highest BCUT2D eigenvalue weighted by molar-refractivity contribution is 6.35. The van der Waals surface area contributed by atoms with Crippen LogP contribution in [0.5, 0.6) is 0 Å². The molecule has 6 nitrogen and oxygen atoms in total. The normalized spacial score (nSPS) is 14.9. The number of urea groups is 1. The summed E-state index contributed by atoms with van der Waals surface area (Å²) in [5.74, 6) is -0.523. The van der Waals surface area contributed by atoms with E-state index in [0.29, 0.717) is 15.6 Å². The molecule has 1 heterocycles. The standard InChI is InChI=1S/C19H17Cl2N3O3/c1-11(15-7-6-14(20)8-16(15)21)23-18(26)13-4-2-12(3-5-13)10-24-17(25)9-22-19(24)27/h2-8,11H,9-10H2,1H3,(H,22,27)(H,23,26)/t11-/m0/s1. The molecule has 27 heavy (non-hydrogen) atoms. The first-order valence-electron chi connectivity index (χ1n) is 8.28. The molecule has 1 fully saturated rings. The predicted molar refractivity (Wildman–Crippen MR) is 103 cm³/mol. The van der Waals surface area contributed by atoms with Gasteiger partial charge in [0.1, 0.15) is 0 Å². The van der Waals surface area contributed by atoms with E-state index in [1.54, 1.807) is 42.5 Å². The molecule has 0 bridgehead atoms. The Hall–Kier alpha value is -2.57. The van der Waals surface area contributed by atoms with Gasteiger partial charge in [-0.25, -0.2) is 4.79 Å². The molecule has 0 aromatic heterocycles. The molecule has 0 radical (unpaired) electrons. The second kappa shape index (κ2) is 7.98. The number of benzene rings is 2. The summed E-state index contributed by atoms with van der Waals surface area (Å²) < 4.78 is 0. The van der Waals surface area contributed by atoms with Gasteiger partial charge in [-0.3, -0.25) is 14.5 Å². The van der Waals surface area contributed by atoms with Gasteiger partial charge < -0.3 is 10.6 Å². The molecule has 0 aliphatic carbocycles. The summed E-state index contributed by atoms with van der Waals surface area (Å²) >= 11 is 12.1. The van der Waals surface area contributed by atoms with Crippen LogP contribution in [0.4, 0.5) is 4.79 Å². The molecule has 0 spiro atoms. The molecule has 8 heteroatoms. The van der Waals surface area contributed by atoms with Gasteiger partial charge in [0, 0.05) is 15.6 Å². The minimum Gasteiger partial charge on any atom is -0.345 e. The van der Waals surface area contributed by atoms with Crippen LogP contribution in [-0.4, -0.2) is 29.3 Å². The number of imide groups is 1. The van der Waals surface area contributed by atoms with Crippen molar-refractivity contribution in [2.45, 2.75) is 19.5 Å². The quantitative estimate of drug-likeness (QED) is 0.746. The van der Waals surface area contributed by atoms with Crippen LogP contribution in [-0.2, 0) is 11.3 Å². The van der Waals surface area contributed by atoms with Crippen LogP contribution in [0.15, 0.2) is 42.5 Å². The molecule has 1 aliphatic rings. The third kappa shape index (κ3) is 4.40.